The Kier molecular flexibility index (Phi) is 10.8. The molecule has 7 atom stereocenters. The van der Waals surface area contributed by atoms with E-state index in [-0.39, 0.29) is 48.8 Å². The molecular weight excluding hydrogens is 817 g/mol. The summed E-state index contributed by atoms with van der Waals surface area (Å²) in [5.74, 6) is 3.40. The number of thioether (sulfide) groups is 1. The maximum atomic E-state index is 15.1. The molecule has 2 N–H and O–H groups in total. The average Bonchev–Trinajstić information content (AvgIpc) is 3.73. The highest BCUT2D eigenvalue weighted by molar-refractivity contribution is 7.99. The number of nitrogens with one attached hydrogen (secondary N) is 2. The number of hydrogen-bond donors (Lipinski definition) is 2. The Bertz CT molecular complexity index is 2380. The van der Waals surface area contributed by atoms with Crippen LogP contribution in [0.2, 0.25) is 0 Å². The van der Waals surface area contributed by atoms with Gasteiger partial charge in [0.1, 0.15) is 24.0 Å². The average molecular weight is 871 g/mol. The van der Waals surface area contributed by atoms with Crippen LogP contribution in [0.15, 0.2) is 18.2 Å². The van der Waals surface area contributed by atoms with E-state index in [1.165, 1.54) is 7.11 Å². The molecule has 0 saturated carbocycles. The maximum absolute atomic E-state index is 15.1. The molecule has 3 aromatic carbocycles. The third-order valence-electron chi connectivity index (χ3n) is 12.8. The molecule has 62 heavy (non-hydrogen) atoms. The molecule has 0 radical (unpaired) electrons. The number of methoxy groups -OCH3 is 2. The molecule has 4 bridgehead atoms. The number of carbonyl (C=O) groups is 2. The molecule has 330 valence electrons. The molecule has 16 heteroatoms. The van der Waals surface area contributed by atoms with Crippen LogP contribution in [0, 0.1) is 25.2 Å². The molecule has 7 aliphatic heterocycles. The van der Waals surface area contributed by atoms with Crippen LogP contribution in [-0.4, -0.2) is 93.9 Å². The Morgan fingerprint density at radius 3 is 2.44 bits per heavy atom. The summed E-state index contributed by atoms with van der Waals surface area (Å²) in [6.45, 7) is 14.4. The van der Waals surface area contributed by atoms with Crippen LogP contribution in [0.4, 0.5) is 4.79 Å². The number of aryl methyl sites for hydroxylation is 1. The van der Waals surface area contributed by atoms with Gasteiger partial charge in [-0.1, -0.05) is 6.07 Å². The monoisotopic (exact) mass is 870 g/mol. The minimum Gasteiger partial charge on any atom is -0.493 e. The quantitative estimate of drug-likeness (QED) is 0.197. The molecule has 0 aromatic heterocycles. The van der Waals surface area contributed by atoms with Crippen molar-refractivity contribution in [2.45, 2.75) is 108 Å². The van der Waals surface area contributed by atoms with E-state index in [2.05, 4.69) is 27.7 Å². The first-order valence-electron chi connectivity index (χ1n) is 21.3. The molecule has 0 aliphatic carbocycles. The fourth-order valence-corrected chi connectivity index (χ4v) is 12.2. The number of esters is 1. The van der Waals surface area contributed by atoms with Gasteiger partial charge in [-0.25, -0.2) is 9.59 Å². The van der Waals surface area contributed by atoms with Crippen molar-refractivity contribution >= 4 is 23.9 Å². The van der Waals surface area contributed by atoms with Crippen LogP contribution < -0.4 is 43.8 Å². The predicted molar refractivity (Wildman–Crippen MR) is 228 cm³/mol. The van der Waals surface area contributed by atoms with Crippen LogP contribution in [-0.2, 0) is 32.6 Å². The highest BCUT2D eigenvalue weighted by atomic mass is 32.2. The normalized spacial score (nSPS) is 26.8. The van der Waals surface area contributed by atoms with E-state index in [1.54, 1.807) is 51.8 Å². The first-order valence-corrected chi connectivity index (χ1v) is 22.3. The highest BCUT2D eigenvalue weighted by Crippen LogP contribution is 2.63. The first-order chi connectivity index (χ1) is 29.8. The van der Waals surface area contributed by atoms with Gasteiger partial charge in [-0.15, -0.1) is 11.8 Å². The number of benzene rings is 3. The lowest BCUT2D eigenvalue weighted by atomic mass is 9.72. The molecular formula is C46H54N4O11S. The van der Waals surface area contributed by atoms with E-state index >= 15 is 4.79 Å². The fourth-order valence-electron chi connectivity index (χ4n) is 10.5. The summed E-state index contributed by atoms with van der Waals surface area (Å²) in [7, 11) is 3.15. The molecule has 10 rings (SSSR count). The van der Waals surface area contributed by atoms with Crippen molar-refractivity contribution in [3.63, 3.8) is 0 Å². The number of piperazine rings is 1. The summed E-state index contributed by atoms with van der Waals surface area (Å²) in [6, 6.07) is 6.14. The molecule has 3 aromatic rings. The van der Waals surface area contributed by atoms with Crippen molar-refractivity contribution in [3.05, 3.63) is 62.7 Å². The lowest BCUT2D eigenvalue weighted by Gasteiger charge is -2.59. The Morgan fingerprint density at radius 1 is 0.968 bits per heavy atom. The summed E-state index contributed by atoms with van der Waals surface area (Å²) in [6.07, 6.45) is 0.259. The van der Waals surface area contributed by atoms with Gasteiger partial charge in [-0.3, -0.25) is 10.2 Å². The second-order valence-electron chi connectivity index (χ2n) is 17.5. The number of fused-ring (bicyclic) bond motifs is 9. The Labute approximate surface area is 365 Å². The SMILES string of the molecule is CCOc1c(OC)c(C)cc2c1[C@H]1N[C@@H](C2)[C@H](C#N)N2C1[C@@H]1SC[C@]3(NCCc4cc(OC(=O)OC(C)(C)C)c(OC)cc43)C(=O)OC[C@H]2c2c3c(c(C)c(OCC)c21)OCO3. The second-order valence-corrected chi connectivity index (χ2v) is 18.6. The standard InChI is InChI=1S/C46H54N4O11S/c1-10-55-38-23(4)39-41(59-21-58-39)33-29-19-57-43(51)46(26-17-30(53-8)31(16-24(26)12-13-48-46)60-44(52)61-45(5,6)7)20-62-42(34(33)38)36-35-32-25(15-27(49-35)28(18-47)50(29)36)14-22(3)37(54-9)40(32)56-11-2/h14,16-17,27-29,35-36,42,48-49H,10-13,15,19-21H2,1-9H3/t27-,28-,29-,35+,36?,42+,46+/m0/s1. The zero-order chi connectivity index (χ0) is 43.8. The minimum absolute atomic E-state index is 0.0237. The highest BCUT2D eigenvalue weighted by Gasteiger charge is 2.60. The van der Waals surface area contributed by atoms with Gasteiger partial charge < -0.3 is 47.9 Å². The third-order valence-corrected chi connectivity index (χ3v) is 14.3. The second kappa shape index (κ2) is 15.9. The van der Waals surface area contributed by atoms with Crippen molar-refractivity contribution in [1.82, 2.24) is 15.5 Å². The zero-order valence-corrected chi connectivity index (χ0v) is 37.5. The van der Waals surface area contributed by atoms with E-state index in [0.717, 1.165) is 38.9 Å². The lowest BCUT2D eigenvalue weighted by Crippen LogP contribution is -2.69. The number of ether oxygens (including phenoxy) is 9. The van der Waals surface area contributed by atoms with Gasteiger partial charge in [0, 0.05) is 46.6 Å². The number of nitrogens with zero attached hydrogens (tertiary/aromatic N) is 2. The van der Waals surface area contributed by atoms with Crippen molar-refractivity contribution in [3.8, 4) is 46.3 Å². The summed E-state index contributed by atoms with van der Waals surface area (Å²) >= 11 is 1.60. The van der Waals surface area contributed by atoms with Crippen LogP contribution in [0.25, 0.3) is 0 Å². The Morgan fingerprint density at radius 2 is 1.73 bits per heavy atom. The van der Waals surface area contributed by atoms with Gasteiger partial charge in [0.05, 0.1) is 50.8 Å². The van der Waals surface area contributed by atoms with Gasteiger partial charge >= 0.3 is 12.1 Å². The summed E-state index contributed by atoms with van der Waals surface area (Å²) in [5, 5.41) is 18.3. The van der Waals surface area contributed by atoms with E-state index < -0.39 is 40.6 Å². The molecule has 2 saturated heterocycles. The molecule has 1 unspecified atom stereocenters. The first kappa shape index (κ1) is 42.2. The van der Waals surface area contributed by atoms with Gasteiger partial charge in [-0.2, -0.15) is 5.26 Å². The smallest absolute Gasteiger partial charge is 0.493 e. The van der Waals surface area contributed by atoms with E-state index in [1.807, 2.05) is 27.7 Å². The molecule has 2 fully saturated rings. The molecule has 7 aliphatic rings. The topological polar surface area (TPSA) is 168 Å². The van der Waals surface area contributed by atoms with Gasteiger partial charge in [0.15, 0.2) is 40.0 Å². The van der Waals surface area contributed by atoms with Crippen molar-refractivity contribution in [1.29, 1.82) is 5.26 Å². The van der Waals surface area contributed by atoms with Crippen LogP contribution in [0.3, 0.4) is 0 Å². The van der Waals surface area contributed by atoms with Gasteiger partial charge in [0.25, 0.3) is 0 Å². The number of hydrogen-bond acceptors (Lipinski definition) is 16. The van der Waals surface area contributed by atoms with Crippen LogP contribution in [0.5, 0.6) is 40.2 Å². The number of carbonyl (C=O) groups excluding carboxylic acids is 2. The van der Waals surface area contributed by atoms with Crippen molar-refractivity contribution in [2.24, 2.45) is 0 Å². The maximum Gasteiger partial charge on any atom is 0.514 e. The Balaban J connectivity index is 1.25. The summed E-state index contributed by atoms with van der Waals surface area (Å²) in [4.78, 5) is 30.2. The predicted octanol–water partition coefficient (Wildman–Crippen LogP) is 6.42. The summed E-state index contributed by atoms with van der Waals surface area (Å²) < 4.78 is 55.2. The Hall–Kier alpha value is -5.08. The molecule has 15 nitrogen and oxygen atoms in total. The number of rotatable bonds is 7. The zero-order valence-electron chi connectivity index (χ0n) is 36.6. The third kappa shape index (κ3) is 6.57. The van der Waals surface area contributed by atoms with E-state index in [0.29, 0.717) is 66.9 Å². The summed E-state index contributed by atoms with van der Waals surface area (Å²) in [5.41, 5.74) is 4.94. The largest absolute Gasteiger partial charge is 0.514 e. The van der Waals surface area contributed by atoms with E-state index in [4.69, 9.17) is 42.6 Å². The van der Waals surface area contributed by atoms with Crippen molar-refractivity contribution in [2.75, 3.05) is 53.1 Å². The molecule has 0 amide bonds. The van der Waals surface area contributed by atoms with Crippen LogP contribution >= 0.6 is 11.8 Å². The van der Waals surface area contributed by atoms with Crippen LogP contribution in [0.1, 0.15) is 96.5 Å². The van der Waals surface area contributed by atoms with Gasteiger partial charge in [0.2, 0.25) is 6.79 Å². The lowest BCUT2D eigenvalue weighted by molar-refractivity contribution is -0.155. The molecule has 7 heterocycles. The minimum atomic E-state index is -1.35. The van der Waals surface area contributed by atoms with Gasteiger partial charge in [-0.05, 0) is 95.7 Å². The van der Waals surface area contributed by atoms with Crippen molar-refractivity contribution < 1.29 is 52.2 Å². The molecule has 1 spiro atoms. The number of nitriles is 1. The fraction of sp³-hybridized carbons (Fsp3) is 0.543. The van der Waals surface area contributed by atoms with E-state index in [9.17, 15) is 10.1 Å².